The van der Waals surface area contributed by atoms with Gasteiger partial charge in [0.25, 0.3) is 0 Å². The Bertz CT molecular complexity index is 246. The molecule has 0 saturated carbocycles. The summed E-state index contributed by atoms with van der Waals surface area (Å²) in [6.07, 6.45) is 4.38. The van der Waals surface area contributed by atoms with Crippen molar-refractivity contribution in [2.75, 3.05) is 6.54 Å². The van der Waals surface area contributed by atoms with E-state index >= 15 is 0 Å². The van der Waals surface area contributed by atoms with Crippen LogP contribution in [0, 0.1) is 11.8 Å². The molecule has 80 valence electrons. The van der Waals surface area contributed by atoms with Crippen molar-refractivity contribution in [2.45, 2.75) is 26.2 Å². The Morgan fingerprint density at radius 3 is 2.86 bits per heavy atom. The van der Waals surface area contributed by atoms with E-state index in [1.807, 2.05) is 6.92 Å². The van der Waals surface area contributed by atoms with Gasteiger partial charge in [0, 0.05) is 12.3 Å². The molecule has 1 aliphatic rings. The zero-order valence-corrected chi connectivity index (χ0v) is 8.47. The molecule has 14 heavy (non-hydrogen) atoms. The molecule has 1 unspecified atom stereocenters. The molecule has 0 aliphatic heterocycles. The highest BCUT2D eigenvalue weighted by Crippen LogP contribution is 2.34. The molecule has 0 saturated heterocycles. The lowest BCUT2D eigenvalue weighted by Gasteiger charge is -2.23. The summed E-state index contributed by atoms with van der Waals surface area (Å²) in [4.78, 5) is 0. The predicted molar refractivity (Wildman–Crippen MR) is 53.9 cm³/mol. The molecular formula is C11H17F2N. The first-order valence-electron chi connectivity index (χ1n) is 5.07. The molecule has 0 radical (unpaired) electrons. The summed E-state index contributed by atoms with van der Waals surface area (Å²) in [5.74, 6) is -0.548. The van der Waals surface area contributed by atoms with E-state index in [1.165, 1.54) is 12.2 Å². The van der Waals surface area contributed by atoms with E-state index < -0.39 is 0 Å². The van der Waals surface area contributed by atoms with Crippen LogP contribution >= 0.6 is 0 Å². The summed E-state index contributed by atoms with van der Waals surface area (Å²) in [5.41, 5.74) is 5.37. The molecule has 0 spiro atoms. The van der Waals surface area contributed by atoms with Crippen molar-refractivity contribution in [3.63, 3.8) is 0 Å². The van der Waals surface area contributed by atoms with E-state index in [9.17, 15) is 8.78 Å². The molecule has 0 aromatic heterocycles. The Kier molecular flexibility index (Phi) is 4.26. The maximum atomic E-state index is 13.3. The van der Waals surface area contributed by atoms with Gasteiger partial charge in [0.15, 0.2) is 0 Å². The van der Waals surface area contributed by atoms with Crippen LogP contribution in [0.3, 0.4) is 0 Å². The van der Waals surface area contributed by atoms with Gasteiger partial charge in [0.05, 0.1) is 0 Å². The van der Waals surface area contributed by atoms with Crippen molar-refractivity contribution in [1.29, 1.82) is 0 Å². The zero-order chi connectivity index (χ0) is 10.6. The summed E-state index contributed by atoms with van der Waals surface area (Å²) in [6.45, 7) is 2.56. The maximum Gasteiger partial charge on any atom is 0.104 e. The highest BCUT2D eigenvalue weighted by molar-refractivity contribution is 5.19. The average molecular weight is 201 g/mol. The molecular weight excluding hydrogens is 184 g/mol. The quantitative estimate of drug-likeness (QED) is 0.743. The first-order chi connectivity index (χ1) is 6.65. The fourth-order valence-corrected chi connectivity index (χ4v) is 1.78. The Labute approximate surface area is 83.7 Å². The first kappa shape index (κ1) is 11.4. The van der Waals surface area contributed by atoms with Gasteiger partial charge >= 0.3 is 0 Å². The van der Waals surface area contributed by atoms with Gasteiger partial charge in [-0.1, -0.05) is 6.92 Å². The standard InChI is InChI=1S/C11H17F2N/c1-8(3-2-6-14)10-7-9(12)4-5-11(10)13/h4-5,8,10H,2-3,6-7,14H2,1H3/t8-,10?/m1/s1. The smallest absolute Gasteiger partial charge is 0.104 e. The lowest BCUT2D eigenvalue weighted by atomic mass is 9.84. The van der Waals surface area contributed by atoms with E-state index in [4.69, 9.17) is 5.73 Å². The van der Waals surface area contributed by atoms with Crippen molar-refractivity contribution in [3.05, 3.63) is 23.8 Å². The Hall–Kier alpha value is -0.700. The number of nitrogens with two attached hydrogens (primary N) is 1. The second-order valence-corrected chi connectivity index (χ2v) is 3.88. The molecule has 2 N–H and O–H groups in total. The Morgan fingerprint density at radius 2 is 2.21 bits per heavy atom. The van der Waals surface area contributed by atoms with Gasteiger partial charge in [0.2, 0.25) is 0 Å². The molecule has 0 amide bonds. The highest BCUT2D eigenvalue weighted by Gasteiger charge is 2.25. The van der Waals surface area contributed by atoms with E-state index in [1.54, 1.807) is 0 Å². The van der Waals surface area contributed by atoms with Crippen molar-refractivity contribution in [3.8, 4) is 0 Å². The first-order valence-corrected chi connectivity index (χ1v) is 5.07. The van der Waals surface area contributed by atoms with E-state index in [-0.39, 0.29) is 29.9 Å². The molecule has 0 aromatic rings. The molecule has 2 atom stereocenters. The Morgan fingerprint density at radius 1 is 1.50 bits per heavy atom. The van der Waals surface area contributed by atoms with E-state index in [0.717, 1.165) is 12.8 Å². The number of hydrogen-bond donors (Lipinski definition) is 1. The number of allylic oxidation sites excluding steroid dienone is 4. The van der Waals surface area contributed by atoms with Crippen LogP contribution in [-0.2, 0) is 0 Å². The van der Waals surface area contributed by atoms with Crippen LogP contribution in [0.2, 0.25) is 0 Å². The predicted octanol–water partition coefficient (Wildman–Crippen LogP) is 3.09. The van der Waals surface area contributed by atoms with Gasteiger partial charge in [-0.25, -0.2) is 8.78 Å². The monoisotopic (exact) mass is 201 g/mol. The van der Waals surface area contributed by atoms with Crippen molar-refractivity contribution in [2.24, 2.45) is 17.6 Å². The fourth-order valence-electron chi connectivity index (χ4n) is 1.78. The molecule has 0 bridgehead atoms. The van der Waals surface area contributed by atoms with Gasteiger partial charge < -0.3 is 5.73 Å². The van der Waals surface area contributed by atoms with Crippen molar-refractivity contribution >= 4 is 0 Å². The van der Waals surface area contributed by atoms with Gasteiger partial charge in [0.1, 0.15) is 11.7 Å². The van der Waals surface area contributed by atoms with Crippen LogP contribution in [0.15, 0.2) is 23.8 Å². The van der Waals surface area contributed by atoms with Crippen molar-refractivity contribution in [1.82, 2.24) is 0 Å². The minimum absolute atomic E-state index is 0.161. The lowest BCUT2D eigenvalue weighted by molar-refractivity contribution is 0.303. The summed E-state index contributed by atoms with van der Waals surface area (Å²) in [6, 6.07) is 0. The topological polar surface area (TPSA) is 26.0 Å². The van der Waals surface area contributed by atoms with Gasteiger partial charge in [-0.3, -0.25) is 0 Å². The van der Waals surface area contributed by atoms with Crippen LogP contribution < -0.4 is 5.73 Å². The average Bonchev–Trinajstić information content (AvgIpc) is 2.18. The minimum Gasteiger partial charge on any atom is -0.330 e. The second-order valence-electron chi connectivity index (χ2n) is 3.88. The third-order valence-corrected chi connectivity index (χ3v) is 2.74. The Balaban J connectivity index is 2.52. The largest absolute Gasteiger partial charge is 0.330 e. The van der Waals surface area contributed by atoms with E-state index in [2.05, 4.69) is 0 Å². The lowest BCUT2D eigenvalue weighted by Crippen LogP contribution is -2.16. The number of hydrogen-bond acceptors (Lipinski definition) is 1. The fraction of sp³-hybridized carbons (Fsp3) is 0.636. The third kappa shape index (κ3) is 2.91. The van der Waals surface area contributed by atoms with Gasteiger partial charge in [-0.05, 0) is 37.5 Å². The third-order valence-electron chi connectivity index (χ3n) is 2.74. The minimum atomic E-state index is -0.286. The molecule has 3 heteroatoms. The summed E-state index contributed by atoms with van der Waals surface area (Å²) < 4.78 is 26.2. The zero-order valence-electron chi connectivity index (χ0n) is 8.47. The summed E-state index contributed by atoms with van der Waals surface area (Å²) >= 11 is 0. The van der Waals surface area contributed by atoms with Crippen LogP contribution in [0.1, 0.15) is 26.2 Å². The molecule has 0 fully saturated rings. The number of rotatable bonds is 4. The van der Waals surface area contributed by atoms with Crippen LogP contribution in [0.25, 0.3) is 0 Å². The van der Waals surface area contributed by atoms with Gasteiger partial charge in [-0.15, -0.1) is 0 Å². The van der Waals surface area contributed by atoms with Crippen LogP contribution in [0.5, 0.6) is 0 Å². The van der Waals surface area contributed by atoms with Crippen LogP contribution in [0.4, 0.5) is 8.78 Å². The SMILES string of the molecule is C[C@H](CCCN)C1CC(F)=CC=C1F. The summed E-state index contributed by atoms with van der Waals surface area (Å²) in [7, 11) is 0. The molecule has 0 heterocycles. The maximum absolute atomic E-state index is 13.3. The summed E-state index contributed by atoms with van der Waals surface area (Å²) in [5, 5.41) is 0. The van der Waals surface area contributed by atoms with E-state index in [0.29, 0.717) is 6.54 Å². The highest BCUT2D eigenvalue weighted by atomic mass is 19.1. The molecule has 1 aliphatic carbocycles. The normalized spacial score (nSPS) is 24.1. The molecule has 1 rings (SSSR count). The van der Waals surface area contributed by atoms with Crippen molar-refractivity contribution < 1.29 is 8.78 Å². The number of halogens is 2. The molecule has 1 nitrogen and oxygen atoms in total. The second kappa shape index (κ2) is 5.25. The van der Waals surface area contributed by atoms with Gasteiger partial charge in [-0.2, -0.15) is 0 Å². The van der Waals surface area contributed by atoms with Crippen LogP contribution in [-0.4, -0.2) is 6.54 Å². The molecule has 0 aromatic carbocycles.